The first-order valence-electron chi connectivity index (χ1n) is 4.17. The van der Waals surface area contributed by atoms with E-state index in [1.807, 2.05) is 12.5 Å². The molecule has 1 rings (SSSR count). The maximum atomic E-state index is 5.42. The van der Waals surface area contributed by atoms with Gasteiger partial charge in [-0.05, 0) is 7.05 Å². The molecule has 4 nitrogen and oxygen atoms in total. The van der Waals surface area contributed by atoms with Crippen LogP contribution in [0.4, 0.5) is 0 Å². The van der Waals surface area contributed by atoms with Crippen LogP contribution in [0, 0.1) is 0 Å². The van der Waals surface area contributed by atoms with Crippen molar-refractivity contribution >= 4 is 0 Å². The van der Waals surface area contributed by atoms with Crippen LogP contribution in [0.5, 0.6) is 0 Å². The minimum atomic E-state index is 0.723. The summed E-state index contributed by atoms with van der Waals surface area (Å²) in [7, 11) is 2.07. The number of nitrogens with zero attached hydrogens (tertiary/aromatic N) is 3. The van der Waals surface area contributed by atoms with Gasteiger partial charge in [0.1, 0.15) is 0 Å². The second-order valence-corrected chi connectivity index (χ2v) is 2.89. The number of nitrogens with two attached hydrogens (primary N) is 1. The molecule has 0 aromatic carbocycles. The normalized spacial score (nSPS) is 10.9. The molecule has 0 saturated heterocycles. The molecule has 0 radical (unpaired) electrons. The van der Waals surface area contributed by atoms with Gasteiger partial charge in [-0.15, -0.1) is 0 Å². The van der Waals surface area contributed by atoms with Crippen molar-refractivity contribution in [3.63, 3.8) is 0 Å². The van der Waals surface area contributed by atoms with Gasteiger partial charge in [0.25, 0.3) is 0 Å². The van der Waals surface area contributed by atoms with Crippen LogP contribution in [0.15, 0.2) is 18.7 Å². The molecule has 0 aliphatic heterocycles. The number of imidazole rings is 1. The molecule has 4 heteroatoms. The van der Waals surface area contributed by atoms with Gasteiger partial charge in [-0.25, -0.2) is 4.98 Å². The summed E-state index contributed by atoms with van der Waals surface area (Å²) in [6.07, 6.45) is 5.59. The van der Waals surface area contributed by atoms with Crippen molar-refractivity contribution in [1.29, 1.82) is 0 Å². The zero-order valence-electron chi connectivity index (χ0n) is 7.48. The summed E-state index contributed by atoms with van der Waals surface area (Å²) in [6.45, 7) is 3.68. The lowest BCUT2D eigenvalue weighted by atomic mass is 10.5. The third kappa shape index (κ3) is 3.02. The van der Waals surface area contributed by atoms with Gasteiger partial charge in [0.2, 0.25) is 0 Å². The molecule has 0 atom stereocenters. The smallest absolute Gasteiger partial charge is 0.0946 e. The van der Waals surface area contributed by atoms with E-state index in [1.165, 1.54) is 0 Å². The molecule has 0 aliphatic rings. The molecule has 1 aromatic rings. The summed E-state index contributed by atoms with van der Waals surface area (Å²) in [5.41, 5.74) is 5.42. The Hall–Kier alpha value is -0.870. The molecule has 0 unspecified atom stereocenters. The Balaban J connectivity index is 2.17. The summed E-state index contributed by atoms with van der Waals surface area (Å²) < 4.78 is 2.06. The number of likely N-dealkylation sites (N-methyl/N-ethyl adjacent to an activating group) is 1. The summed E-state index contributed by atoms with van der Waals surface area (Å²) >= 11 is 0. The van der Waals surface area contributed by atoms with Crippen LogP contribution in [0.2, 0.25) is 0 Å². The lowest BCUT2D eigenvalue weighted by molar-refractivity contribution is 0.327. The lowest BCUT2D eigenvalue weighted by Crippen LogP contribution is -2.28. The molecular weight excluding hydrogens is 152 g/mol. The van der Waals surface area contributed by atoms with Crippen molar-refractivity contribution in [2.75, 3.05) is 26.7 Å². The zero-order chi connectivity index (χ0) is 8.81. The zero-order valence-corrected chi connectivity index (χ0v) is 7.48. The maximum Gasteiger partial charge on any atom is 0.0946 e. The van der Waals surface area contributed by atoms with Gasteiger partial charge >= 0.3 is 0 Å². The van der Waals surface area contributed by atoms with E-state index < -0.39 is 0 Å². The highest BCUT2D eigenvalue weighted by Gasteiger charge is 1.95. The largest absolute Gasteiger partial charge is 0.336 e. The Morgan fingerprint density at radius 1 is 1.50 bits per heavy atom. The van der Waals surface area contributed by atoms with Gasteiger partial charge in [0.05, 0.1) is 6.33 Å². The van der Waals surface area contributed by atoms with Crippen LogP contribution >= 0.6 is 0 Å². The molecular formula is C8H16N4. The number of hydrogen-bond donors (Lipinski definition) is 1. The fraction of sp³-hybridized carbons (Fsp3) is 0.625. The first-order chi connectivity index (χ1) is 5.83. The first kappa shape index (κ1) is 9.22. The van der Waals surface area contributed by atoms with E-state index in [4.69, 9.17) is 5.73 Å². The third-order valence-corrected chi connectivity index (χ3v) is 1.81. The van der Waals surface area contributed by atoms with Crippen molar-refractivity contribution in [3.8, 4) is 0 Å². The molecule has 1 aromatic heterocycles. The van der Waals surface area contributed by atoms with E-state index in [-0.39, 0.29) is 0 Å². The SMILES string of the molecule is CN(CCN)CCn1ccnc1. The van der Waals surface area contributed by atoms with Crippen molar-refractivity contribution in [3.05, 3.63) is 18.7 Å². The Kier molecular flexibility index (Phi) is 3.76. The average molecular weight is 168 g/mol. The molecule has 68 valence electrons. The Morgan fingerprint density at radius 2 is 2.33 bits per heavy atom. The third-order valence-electron chi connectivity index (χ3n) is 1.81. The molecule has 0 aliphatic carbocycles. The van der Waals surface area contributed by atoms with Gasteiger partial charge in [-0.3, -0.25) is 0 Å². The second kappa shape index (κ2) is 4.90. The Bertz CT molecular complexity index is 195. The van der Waals surface area contributed by atoms with Gasteiger partial charge < -0.3 is 15.2 Å². The summed E-state index contributed by atoms with van der Waals surface area (Å²) in [5, 5.41) is 0. The predicted molar refractivity (Wildman–Crippen MR) is 48.8 cm³/mol. The first-order valence-corrected chi connectivity index (χ1v) is 4.17. The van der Waals surface area contributed by atoms with Crippen molar-refractivity contribution in [2.45, 2.75) is 6.54 Å². The molecule has 0 fully saturated rings. The van der Waals surface area contributed by atoms with Crippen LogP contribution in [-0.2, 0) is 6.54 Å². The fourth-order valence-electron chi connectivity index (χ4n) is 1.04. The highest BCUT2D eigenvalue weighted by Crippen LogP contribution is 1.87. The van der Waals surface area contributed by atoms with Crippen molar-refractivity contribution in [1.82, 2.24) is 14.5 Å². The van der Waals surface area contributed by atoms with E-state index in [9.17, 15) is 0 Å². The van der Waals surface area contributed by atoms with Crippen molar-refractivity contribution < 1.29 is 0 Å². The van der Waals surface area contributed by atoms with Crippen LogP contribution in [0.3, 0.4) is 0 Å². The van der Waals surface area contributed by atoms with Gasteiger partial charge in [-0.1, -0.05) is 0 Å². The Labute approximate surface area is 73.0 Å². The van der Waals surface area contributed by atoms with Crippen LogP contribution < -0.4 is 5.73 Å². The highest BCUT2D eigenvalue weighted by atomic mass is 15.1. The minimum Gasteiger partial charge on any atom is -0.336 e. The van der Waals surface area contributed by atoms with E-state index in [0.717, 1.165) is 26.2 Å². The summed E-state index contributed by atoms with van der Waals surface area (Å²) in [6, 6.07) is 0. The van der Waals surface area contributed by atoms with Crippen LogP contribution in [0.25, 0.3) is 0 Å². The topological polar surface area (TPSA) is 47.1 Å². The van der Waals surface area contributed by atoms with E-state index in [0.29, 0.717) is 0 Å². The van der Waals surface area contributed by atoms with Crippen molar-refractivity contribution in [2.24, 2.45) is 5.73 Å². The molecule has 2 N–H and O–H groups in total. The van der Waals surface area contributed by atoms with E-state index in [2.05, 4.69) is 21.5 Å². The van der Waals surface area contributed by atoms with Gasteiger partial charge in [0, 0.05) is 38.6 Å². The molecule has 0 saturated carbocycles. The quantitative estimate of drug-likeness (QED) is 0.661. The lowest BCUT2D eigenvalue weighted by Gasteiger charge is -2.14. The van der Waals surface area contributed by atoms with Crippen LogP contribution in [-0.4, -0.2) is 41.1 Å². The number of hydrogen-bond acceptors (Lipinski definition) is 3. The maximum absolute atomic E-state index is 5.42. The number of aromatic nitrogens is 2. The summed E-state index contributed by atoms with van der Waals surface area (Å²) in [5.74, 6) is 0. The molecule has 12 heavy (non-hydrogen) atoms. The second-order valence-electron chi connectivity index (χ2n) is 2.89. The van der Waals surface area contributed by atoms with Gasteiger partial charge in [-0.2, -0.15) is 0 Å². The van der Waals surface area contributed by atoms with Gasteiger partial charge in [0.15, 0.2) is 0 Å². The molecule has 0 bridgehead atoms. The molecule has 1 heterocycles. The average Bonchev–Trinajstić information content (AvgIpc) is 2.53. The minimum absolute atomic E-state index is 0.723. The number of rotatable bonds is 5. The monoisotopic (exact) mass is 168 g/mol. The highest BCUT2D eigenvalue weighted by molar-refractivity contribution is 4.74. The fourth-order valence-corrected chi connectivity index (χ4v) is 1.04. The predicted octanol–water partition coefficient (Wildman–Crippen LogP) is -0.226. The van der Waals surface area contributed by atoms with Crippen LogP contribution in [0.1, 0.15) is 0 Å². The summed E-state index contributed by atoms with van der Waals surface area (Å²) in [4.78, 5) is 6.17. The standard InChI is InChI=1S/C8H16N4/c1-11(4-2-9)6-7-12-5-3-10-8-12/h3,5,8H,2,4,6-7,9H2,1H3. The van der Waals surface area contributed by atoms with E-state index >= 15 is 0 Å². The molecule has 0 amide bonds. The Morgan fingerprint density at radius 3 is 2.92 bits per heavy atom. The molecule has 0 spiro atoms. The van der Waals surface area contributed by atoms with E-state index in [1.54, 1.807) is 6.20 Å².